The Kier molecular flexibility index (Phi) is 5.11. The fraction of sp³-hybridized carbons (Fsp3) is 0.389. The van der Waals surface area contributed by atoms with E-state index in [1.807, 2.05) is 0 Å². The lowest BCUT2D eigenvalue weighted by atomic mass is 9.78. The summed E-state index contributed by atoms with van der Waals surface area (Å²) in [6.45, 7) is 0. The first kappa shape index (κ1) is 17.8. The van der Waals surface area contributed by atoms with Crippen molar-refractivity contribution in [2.24, 2.45) is 18.9 Å². The highest BCUT2D eigenvalue weighted by atomic mass is 16.4. The lowest BCUT2D eigenvalue weighted by Gasteiger charge is -2.27. The molecule has 2 aromatic rings. The first-order valence-electron chi connectivity index (χ1n) is 8.50. The van der Waals surface area contributed by atoms with Crippen LogP contribution in [-0.4, -0.2) is 38.3 Å². The van der Waals surface area contributed by atoms with Crippen LogP contribution in [-0.2, 0) is 16.6 Å². The van der Waals surface area contributed by atoms with Gasteiger partial charge in [0.2, 0.25) is 5.91 Å². The van der Waals surface area contributed by atoms with Gasteiger partial charge in [-0.3, -0.25) is 14.4 Å². The molecule has 2 N–H and O–H groups in total. The number of benzene rings is 1. The van der Waals surface area contributed by atoms with E-state index in [0.717, 1.165) is 12.8 Å². The first-order chi connectivity index (χ1) is 12.5. The average molecular weight is 356 g/mol. The van der Waals surface area contributed by atoms with Crippen molar-refractivity contribution < 1.29 is 19.5 Å². The van der Waals surface area contributed by atoms with Gasteiger partial charge in [-0.15, -0.1) is 5.10 Å². The smallest absolute Gasteiger partial charge is 0.307 e. The third-order valence-electron chi connectivity index (χ3n) is 4.83. The fourth-order valence-electron chi connectivity index (χ4n) is 3.39. The molecule has 26 heavy (non-hydrogen) atoms. The van der Waals surface area contributed by atoms with Gasteiger partial charge in [0.25, 0.3) is 0 Å². The van der Waals surface area contributed by atoms with Gasteiger partial charge in [-0.05, 0) is 25.0 Å². The van der Waals surface area contributed by atoms with Gasteiger partial charge < -0.3 is 10.4 Å². The highest BCUT2D eigenvalue weighted by Crippen LogP contribution is 2.31. The van der Waals surface area contributed by atoms with Gasteiger partial charge >= 0.3 is 5.97 Å². The summed E-state index contributed by atoms with van der Waals surface area (Å²) in [5, 5.41) is 19.9. The first-order valence-corrected chi connectivity index (χ1v) is 8.50. The predicted octanol–water partition coefficient (Wildman–Crippen LogP) is 2.12. The topological polar surface area (TPSA) is 114 Å². The number of anilines is 1. The molecular formula is C18H20N4O4. The van der Waals surface area contributed by atoms with E-state index in [9.17, 15) is 19.5 Å². The van der Waals surface area contributed by atoms with Crippen LogP contribution in [0.25, 0.3) is 11.3 Å². The van der Waals surface area contributed by atoms with E-state index in [1.54, 1.807) is 31.3 Å². The Balaban J connectivity index is 1.73. The molecule has 1 aromatic carbocycles. The number of carbonyl (C=O) groups is 3. The van der Waals surface area contributed by atoms with Crippen LogP contribution in [0.15, 0.2) is 24.3 Å². The maximum atomic E-state index is 12.5. The van der Waals surface area contributed by atoms with Crippen LogP contribution in [0, 0.1) is 11.8 Å². The summed E-state index contributed by atoms with van der Waals surface area (Å²) in [4.78, 5) is 35.0. The molecule has 0 aliphatic heterocycles. The number of amides is 1. The van der Waals surface area contributed by atoms with Crippen LogP contribution in [0.4, 0.5) is 5.69 Å². The number of aromatic nitrogens is 3. The van der Waals surface area contributed by atoms with Gasteiger partial charge in [-0.2, -0.15) is 0 Å². The molecule has 0 bridgehead atoms. The highest BCUT2D eigenvalue weighted by Gasteiger charge is 2.35. The summed E-state index contributed by atoms with van der Waals surface area (Å²) in [5.74, 6) is -2.32. The van der Waals surface area contributed by atoms with Crippen molar-refractivity contribution in [3.63, 3.8) is 0 Å². The van der Waals surface area contributed by atoms with Crippen molar-refractivity contribution in [2.45, 2.75) is 25.7 Å². The Labute approximate surface area is 150 Å². The summed E-state index contributed by atoms with van der Waals surface area (Å²) >= 11 is 0. The molecule has 8 nitrogen and oxygen atoms in total. The standard InChI is InChI=1S/C18H20N4O4/c1-22-15(10-23)16(20-21-22)11-6-8-12(9-7-11)19-17(24)13-4-2-3-5-14(13)18(25)26/h6-10,13-14H,2-5H2,1H3,(H,19,24)(H,25,26)/t13-,14-/m0/s1. The second kappa shape index (κ2) is 7.47. The maximum Gasteiger partial charge on any atom is 0.307 e. The lowest BCUT2D eigenvalue weighted by molar-refractivity contribution is -0.147. The van der Waals surface area contributed by atoms with E-state index >= 15 is 0 Å². The van der Waals surface area contributed by atoms with Crippen LogP contribution in [0.1, 0.15) is 36.2 Å². The third kappa shape index (κ3) is 3.49. The minimum absolute atomic E-state index is 0.266. The van der Waals surface area contributed by atoms with Gasteiger partial charge in [-0.1, -0.05) is 30.2 Å². The summed E-state index contributed by atoms with van der Waals surface area (Å²) < 4.78 is 1.40. The zero-order valence-electron chi connectivity index (χ0n) is 14.4. The molecule has 3 rings (SSSR count). The van der Waals surface area contributed by atoms with E-state index in [4.69, 9.17) is 0 Å². The highest BCUT2D eigenvalue weighted by molar-refractivity contribution is 5.95. The SMILES string of the molecule is Cn1nnc(-c2ccc(NC(=O)[C@H]3CCCC[C@@H]3C(=O)O)cc2)c1C=O. The van der Waals surface area contributed by atoms with Gasteiger partial charge in [0.05, 0.1) is 11.8 Å². The minimum Gasteiger partial charge on any atom is -0.481 e. The molecule has 1 fully saturated rings. The monoisotopic (exact) mass is 356 g/mol. The molecule has 1 heterocycles. The van der Waals surface area contributed by atoms with Crippen molar-refractivity contribution in [2.75, 3.05) is 5.32 Å². The molecule has 2 atom stereocenters. The number of carboxylic acid groups (broad SMARTS) is 1. The average Bonchev–Trinajstić information content (AvgIpc) is 3.02. The number of nitrogens with one attached hydrogen (secondary N) is 1. The summed E-state index contributed by atoms with van der Waals surface area (Å²) in [6, 6.07) is 6.88. The summed E-state index contributed by atoms with van der Waals surface area (Å²) in [5.41, 5.74) is 2.12. The lowest BCUT2D eigenvalue weighted by Crippen LogP contribution is -2.36. The number of aldehydes is 1. The zero-order chi connectivity index (χ0) is 18.7. The Morgan fingerprint density at radius 3 is 2.46 bits per heavy atom. The number of hydrogen-bond acceptors (Lipinski definition) is 5. The number of hydrogen-bond donors (Lipinski definition) is 2. The van der Waals surface area contributed by atoms with Crippen LogP contribution in [0.5, 0.6) is 0 Å². The predicted molar refractivity (Wildman–Crippen MR) is 93.5 cm³/mol. The second-order valence-corrected chi connectivity index (χ2v) is 6.47. The molecule has 1 aliphatic rings. The molecule has 1 aromatic heterocycles. The van der Waals surface area contributed by atoms with Crippen molar-refractivity contribution in [1.82, 2.24) is 15.0 Å². The molecule has 8 heteroatoms. The van der Waals surface area contributed by atoms with Gasteiger partial charge in [0, 0.05) is 18.3 Å². The molecule has 136 valence electrons. The number of aryl methyl sites for hydroxylation is 1. The number of nitrogens with zero attached hydrogens (tertiary/aromatic N) is 3. The summed E-state index contributed by atoms with van der Waals surface area (Å²) in [7, 11) is 1.64. The van der Waals surface area contributed by atoms with Crippen molar-refractivity contribution in [3.8, 4) is 11.3 Å². The van der Waals surface area contributed by atoms with Gasteiger partial charge in [0.15, 0.2) is 6.29 Å². The number of aliphatic carboxylic acids is 1. The maximum absolute atomic E-state index is 12.5. The quantitative estimate of drug-likeness (QED) is 0.793. The fourth-order valence-corrected chi connectivity index (χ4v) is 3.39. The number of carboxylic acids is 1. The van der Waals surface area contributed by atoms with Crippen LogP contribution < -0.4 is 5.32 Å². The van der Waals surface area contributed by atoms with E-state index in [0.29, 0.717) is 41.8 Å². The third-order valence-corrected chi connectivity index (χ3v) is 4.83. The molecular weight excluding hydrogens is 336 g/mol. The normalized spacial score (nSPS) is 19.7. The molecule has 1 amide bonds. The molecule has 0 spiro atoms. The Morgan fingerprint density at radius 2 is 1.85 bits per heavy atom. The molecule has 0 radical (unpaired) electrons. The van der Waals surface area contributed by atoms with Gasteiger partial charge in [-0.25, -0.2) is 4.68 Å². The summed E-state index contributed by atoms with van der Waals surface area (Å²) in [6.07, 6.45) is 3.52. The van der Waals surface area contributed by atoms with E-state index in [1.165, 1.54) is 4.68 Å². The Hall–Kier alpha value is -3.03. The van der Waals surface area contributed by atoms with Crippen molar-refractivity contribution in [3.05, 3.63) is 30.0 Å². The molecule has 1 saturated carbocycles. The van der Waals surface area contributed by atoms with Crippen molar-refractivity contribution in [1.29, 1.82) is 0 Å². The van der Waals surface area contributed by atoms with E-state index in [2.05, 4.69) is 15.6 Å². The van der Waals surface area contributed by atoms with Gasteiger partial charge in [0.1, 0.15) is 11.4 Å². The Morgan fingerprint density at radius 1 is 1.19 bits per heavy atom. The number of rotatable bonds is 5. The molecule has 1 aliphatic carbocycles. The van der Waals surface area contributed by atoms with Crippen LogP contribution in [0.3, 0.4) is 0 Å². The number of carbonyl (C=O) groups excluding carboxylic acids is 2. The van der Waals surface area contributed by atoms with E-state index < -0.39 is 17.8 Å². The second-order valence-electron chi connectivity index (χ2n) is 6.47. The van der Waals surface area contributed by atoms with Crippen molar-refractivity contribution >= 4 is 23.9 Å². The molecule has 0 unspecified atom stereocenters. The zero-order valence-corrected chi connectivity index (χ0v) is 14.4. The van der Waals surface area contributed by atoms with Crippen LogP contribution in [0.2, 0.25) is 0 Å². The van der Waals surface area contributed by atoms with Crippen LogP contribution >= 0.6 is 0 Å². The Bertz CT molecular complexity index is 828. The largest absolute Gasteiger partial charge is 0.481 e. The minimum atomic E-state index is -0.913. The van der Waals surface area contributed by atoms with E-state index in [-0.39, 0.29) is 5.91 Å². The molecule has 0 saturated heterocycles.